The summed E-state index contributed by atoms with van der Waals surface area (Å²) in [5.74, 6) is 0.0492. The van der Waals surface area contributed by atoms with E-state index in [1.165, 1.54) is 14.0 Å². The summed E-state index contributed by atoms with van der Waals surface area (Å²) in [6, 6.07) is 5.28. The number of benzene rings is 1. The van der Waals surface area contributed by atoms with Crippen LogP contribution in [0.15, 0.2) is 43.0 Å². The Bertz CT molecular complexity index is 1020. The van der Waals surface area contributed by atoms with Crippen LogP contribution in [0.5, 0.6) is 0 Å². The van der Waals surface area contributed by atoms with Crippen LogP contribution in [0.2, 0.25) is 0 Å². The second-order valence-corrected chi connectivity index (χ2v) is 7.80. The van der Waals surface area contributed by atoms with Gasteiger partial charge in [0.05, 0.1) is 29.2 Å². The number of carbonyl (C=O) groups excluding carboxylic acids is 1. The highest BCUT2D eigenvalue weighted by molar-refractivity contribution is 7.17. The van der Waals surface area contributed by atoms with Crippen molar-refractivity contribution in [2.75, 3.05) is 18.4 Å². The summed E-state index contributed by atoms with van der Waals surface area (Å²) in [6.07, 6.45) is 5.26. The maximum Gasteiger partial charge on any atom is 0.286 e. The van der Waals surface area contributed by atoms with Crippen LogP contribution in [0.25, 0.3) is 5.69 Å². The highest BCUT2D eigenvalue weighted by Crippen LogP contribution is 2.33. The maximum atomic E-state index is 13.3. The van der Waals surface area contributed by atoms with E-state index in [1.807, 2.05) is 32.9 Å². The van der Waals surface area contributed by atoms with Gasteiger partial charge in [-0.2, -0.15) is 23.8 Å². The Morgan fingerprint density at radius 2 is 1.90 bits per heavy atom. The Hall–Kier alpha value is -3.00. The molecule has 1 aromatic carbocycles. The number of nitrogens with zero attached hydrogens (tertiary/aromatic N) is 6. The van der Waals surface area contributed by atoms with Gasteiger partial charge >= 0.3 is 0 Å². The van der Waals surface area contributed by atoms with Gasteiger partial charge < -0.3 is 10.2 Å². The lowest BCUT2D eigenvalue weighted by Gasteiger charge is -2.29. The Labute approximate surface area is 181 Å². The summed E-state index contributed by atoms with van der Waals surface area (Å²) in [5, 5.41) is 11.3. The highest BCUT2D eigenvalue weighted by Gasteiger charge is 2.26. The van der Waals surface area contributed by atoms with E-state index in [0.29, 0.717) is 24.3 Å². The van der Waals surface area contributed by atoms with E-state index in [9.17, 15) is 13.6 Å². The van der Waals surface area contributed by atoms with Crippen molar-refractivity contribution in [2.45, 2.75) is 32.5 Å². The first kappa shape index (κ1) is 22.7. The zero-order valence-electron chi connectivity index (χ0n) is 17.5. The molecule has 0 spiro atoms. The smallest absolute Gasteiger partial charge is 0.286 e. The molecule has 3 rings (SSSR count). The quantitative estimate of drug-likeness (QED) is 0.534. The molecule has 3 aromatic rings. The molecular formula is C20H24F2N7OP. The first-order chi connectivity index (χ1) is 14.7. The lowest BCUT2D eigenvalue weighted by atomic mass is 10.1. The Morgan fingerprint density at radius 1 is 1.26 bits per heavy atom. The lowest BCUT2D eigenvalue weighted by molar-refractivity contribution is 0.0711. The van der Waals surface area contributed by atoms with Crippen LogP contribution in [0.1, 0.15) is 35.3 Å². The van der Waals surface area contributed by atoms with Gasteiger partial charge in [-0.1, -0.05) is 15.3 Å². The van der Waals surface area contributed by atoms with Crippen molar-refractivity contribution in [2.24, 2.45) is 0 Å². The topological polar surface area (TPSA) is 88.8 Å². The first-order valence-electron chi connectivity index (χ1n) is 9.72. The molecule has 0 saturated heterocycles. The third-order valence-corrected chi connectivity index (χ3v) is 5.08. The molecule has 0 bridgehead atoms. The number of alkyl halides is 2. The number of amides is 1. The number of carbonyl (C=O) groups is 1. The summed E-state index contributed by atoms with van der Waals surface area (Å²) in [4.78, 5) is 24.3. The van der Waals surface area contributed by atoms with Crippen molar-refractivity contribution in [1.29, 1.82) is 0 Å². The van der Waals surface area contributed by atoms with Crippen LogP contribution in [0, 0.1) is 6.92 Å². The van der Waals surface area contributed by atoms with Gasteiger partial charge in [0.2, 0.25) is 5.95 Å². The van der Waals surface area contributed by atoms with Crippen LogP contribution in [-0.4, -0.2) is 54.9 Å². The monoisotopic (exact) mass is 447 g/mol. The second kappa shape index (κ2) is 9.43. The minimum Gasteiger partial charge on any atom is -0.352 e. The van der Waals surface area contributed by atoms with Gasteiger partial charge in [-0.3, -0.25) is 4.79 Å². The number of rotatable bonds is 8. The zero-order valence-corrected chi connectivity index (χ0v) is 18.6. The highest BCUT2D eigenvalue weighted by atomic mass is 31.0. The van der Waals surface area contributed by atoms with Crippen LogP contribution in [0.4, 0.5) is 14.7 Å². The molecular weight excluding hydrogens is 423 g/mol. The van der Waals surface area contributed by atoms with E-state index in [1.54, 1.807) is 23.4 Å². The van der Waals surface area contributed by atoms with Crippen LogP contribution < -0.4 is 5.32 Å². The van der Waals surface area contributed by atoms with E-state index < -0.39 is 5.66 Å². The van der Waals surface area contributed by atoms with Crippen molar-refractivity contribution in [3.8, 4) is 5.69 Å². The van der Waals surface area contributed by atoms with Crippen molar-refractivity contribution in [1.82, 2.24) is 29.9 Å². The Morgan fingerprint density at radius 3 is 2.48 bits per heavy atom. The number of nitrogens with one attached hydrogen (secondary N) is 1. The fourth-order valence-corrected chi connectivity index (χ4v) is 3.23. The predicted octanol–water partition coefficient (Wildman–Crippen LogP) is 3.25. The summed E-state index contributed by atoms with van der Waals surface area (Å²) < 4.78 is 26.5. The number of anilines is 1. The zero-order chi connectivity index (χ0) is 22.6. The molecule has 164 valence electrons. The SMILES string of the molecule is CCN(C(=O)c1ccc(C)cc1-n1nccn1)[C@@H](C)CNc1ncc(C(F)(F)P)cn1. The molecule has 31 heavy (non-hydrogen) atoms. The first-order valence-corrected chi connectivity index (χ1v) is 10.3. The number of aryl methyl sites for hydroxylation is 1. The van der Waals surface area contributed by atoms with Crippen LogP contribution in [-0.2, 0) is 5.66 Å². The normalized spacial score (nSPS) is 12.5. The summed E-state index contributed by atoms with van der Waals surface area (Å²) in [7, 11) is 1.45. The van der Waals surface area contributed by atoms with Crippen LogP contribution >= 0.6 is 9.24 Å². The van der Waals surface area contributed by atoms with Gasteiger partial charge in [-0.15, -0.1) is 0 Å². The van der Waals surface area contributed by atoms with Gasteiger partial charge in [0.15, 0.2) is 0 Å². The van der Waals surface area contributed by atoms with Crippen molar-refractivity contribution >= 4 is 21.1 Å². The fourth-order valence-electron chi connectivity index (χ4n) is 3.08. The molecule has 8 nitrogen and oxygen atoms in total. The minimum atomic E-state index is -3.08. The maximum absolute atomic E-state index is 13.3. The Kier molecular flexibility index (Phi) is 6.90. The van der Waals surface area contributed by atoms with Gasteiger partial charge in [-0.05, 0) is 38.5 Å². The van der Waals surface area contributed by atoms with Gasteiger partial charge in [0.1, 0.15) is 0 Å². The third-order valence-electron chi connectivity index (χ3n) is 4.74. The second-order valence-electron chi connectivity index (χ2n) is 7.08. The molecule has 1 amide bonds. The van der Waals surface area contributed by atoms with Gasteiger partial charge in [0, 0.05) is 31.5 Å². The third kappa shape index (κ3) is 5.38. The summed E-state index contributed by atoms with van der Waals surface area (Å²) in [6.45, 7) is 6.53. The van der Waals surface area contributed by atoms with E-state index in [-0.39, 0.29) is 23.5 Å². The molecule has 0 fully saturated rings. The summed E-state index contributed by atoms with van der Waals surface area (Å²) in [5.41, 5.74) is -1.30. The summed E-state index contributed by atoms with van der Waals surface area (Å²) >= 11 is 0. The van der Waals surface area contributed by atoms with E-state index in [0.717, 1.165) is 18.0 Å². The van der Waals surface area contributed by atoms with E-state index in [4.69, 9.17) is 0 Å². The number of hydrogen-bond donors (Lipinski definition) is 1. The molecule has 0 aliphatic carbocycles. The predicted molar refractivity (Wildman–Crippen MR) is 116 cm³/mol. The Balaban J connectivity index is 1.74. The van der Waals surface area contributed by atoms with Gasteiger partial charge in [-0.25, -0.2) is 9.97 Å². The minimum absolute atomic E-state index is 0.164. The van der Waals surface area contributed by atoms with E-state index >= 15 is 0 Å². The number of likely N-dealkylation sites (N-methyl/N-ethyl adjacent to an activating group) is 1. The molecule has 1 N–H and O–H groups in total. The van der Waals surface area contributed by atoms with Crippen LogP contribution in [0.3, 0.4) is 0 Å². The molecule has 0 aliphatic heterocycles. The number of hydrogen-bond acceptors (Lipinski definition) is 6. The molecule has 0 saturated carbocycles. The standard InChI is InChI=1S/C20H24F2N7OP/c1-4-28(14(3)10-23-19-24-11-15(12-25-19)20(21,22)31)18(30)16-6-5-13(2)9-17(16)29-26-7-8-27-29/h5-9,11-12,14H,4,10,31H2,1-3H3,(H,23,24,25)/t14-/m0/s1. The van der Waals surface area contributed by atoms with Crippen molar-refractivity contribution < 1.29 is 13.6 Å². The van der Waals surface area contributed by atoms with Crippen molar-refractivity contribution in [3.63, 3.8) is 0 Å². The number of halogens is 2. The molecule has 1 unspecified atom stereocenters. The molecule has 2 heterocycles. The van der Waals surface area contributed by atoms with Crippen molar-refractivity contribution in [3.05, 3.63) is 59.7 Å². The average molecular weight is 447 g/mol. The molecule has 11 heteroatoms. The lowest BCUT2D eigenvalue weighted by Crippen LogP contribution is -2.42. The largest absolute Gasteiger partial charge is 0.352 e. The number of aromatic nitrogens is 5. The van der Waals surface area contributed by atoms with Gasteiger partial charge in [0.25, 0.3) is 11.6 Å². The molecule has 0 aliphatic rings. The fraction of sp³-hybridized carbons (Fsp3) is 0.350. The molecule has 2 atom stereocenters. The average Bonchev–Trinajstić information content (AvgIpc) is 3.27. The molecule has 0 radical (unpaired) electrons. The molecule has 2 aromatic heterocycles. The van der Waals surface area contributed by atoms with E-state index in [2.05, 4.69) is 25.5 Å².